The van der Waals surface area contributed by atoms with Gasteiger partial charge < -0.3 is 10.6 Å². The second-order valence-electron chi connectivity index (χ2n) is 6.15. The highest BCUT2D eigenvalue weighted by Gasteiger charge is 2.29. The second-order valence-corrected chi connectivity index (χ2v) is 6.15. The molecule has 1 aliphatic rings. The Hall–Kier alpha value is -1.51. The zero-order chi connectivity index (χ0) is 14.6. The van der Waals surface area contributed by atoms with Crippen molar-refractivity contribution in [3.63, 3.8) is 0 Å². The zero-order valence-corrected chi connectivity index (χ0v) is 12.9. The van der Waals surface area contributed by atoms with E-state index in [9.17, 15) is 4.79 Å². The van der Waals surface area contributed by atoms with Gasteiger partial charge in [0.05, 0.1) is 5.56 Å². The average Bonchev–Trinajstić information content (AvgIpc) is 2.39. The van der Waals surface area contributed by atoms with Gasteiger partial charge in [0.25, 0.3) is 5.91 Å². The molecule has 2 N–H and O–H groups in total. The lowest BCUT2D eigenvalue weighted by molar-refractivity contribution is 0.0883. The molecule has 0 radical (unpaired) electrons. The summed E-state index contributed by atoms with van der Waals surface area (Å²) in [6, 6.07) is 5.97. The van der Waals surface area contributed by atoms with Crippen molar-refractivity contribution in [2.45, 2.75) is 58.4 Å². The Bertz CT molecular complexity index is 476. The van der Waals surface area contributed by atoms with Crippen molar-refractivity contribution in [2.24, 2.45) is 0 Å². The first-order valence-electron chi connectivity index (χ1n) is 7.71. The number of hydrogen-bond acceptors (Lipinski definition) is 2. The van der Waals surface area contributed by atoms with Crippen LogP contribution in [0.25, 0.3) is 0 Å². The van der Waals surface area contributed by atoms with Crippen LogP contribution in [0.4, 0.5) is 5.69 Å². The highest BCUT2D eigenvalue weighted by Crippen LogP contribution is 2.28. The molecule has 1 aromatic carbocycles. The quantitative estimate of drug-likeness (QED) is 0.875. The van der Waals surface area contributed by atoms with Crippen LogP contribution in [0.3, 0.4) is 0 Å². The number of anilines is 1. The smallest absolute Gasteiger partial charge is 0.253 e. The van der Waals surface area contributed by atoms with Crippen molar-refractivity contribution in [1.29, 1.82) is 0 Å². The van der Waals surface area contributed by atoms with Gasteiger partial charge in [-0.3, -0.25) is 4.79 Å². The number of hydrogen-bond donors (Lipinski definition) is 2. The van der Waals surface area contributed by atoms with Gasteiger partial charge in [-0.2, -0.15) is 0 Å². The van der Waals surface area contributed by atoms with Crippen LogP contribution in [0.5, 0.6) is 0 Å². The Morgan fingerprint density at radius 3 is 2.60 bits per heavy atom. The molecular formula is C17H26N2O. The van der Waals surface area contributed by atoms with E-state index in [4.69, 9.17) is 0 Å². The predicted octanol–water partition coefficient (Wildman–Crippen LogP) is 3.88. The summed E-state index contributed by atoms with van der Waals surface area (Å²) in [4.78, 5) is 12.6. The molecule has 2 rings (SSSR count). The van der Waals surface area contributed by atoms with Crippen LogP contribution in [0, 0.1) is 6.92 Å². The van der Waals surface area contributed by atoms with Gasteiger partial charge in [0.15, 0.2) is 0 Å². The van der Waals surface area contributed by atoms with E-state index in [0.717, 1.165) is 30.6 Å². The molecular weight excluding hydrogens is 248 g/mol. The summed E-state index contributed by atoms with van der Waals surface area (Å²) in [6.45, 7) is 7.09. The normalized spacial score (nSPS) is 17.6. The molecule has 1 fully saturated rings. The molecule has 1 aromatic rings. The maximum atomic E-state index is 12.6. The van der Waals surface area contributed by atoms with Crippen LogP contribution in [0.1, 0.15) is 61.9 Å². The monoisotopic (exact) mass is 274 g/mol. The molecule has 1 amide bonds. The van der Waals surface area contributed by atoms with E-state index in [1.54, 1.807) is 0 Å². The molecule has 0 aromatic heterocycles. The third-order valence-electron chi connectivity index (χ3n) is 4.16. The Balaban J connectivity index is 2.16. The lowest BCUT2D eigenvalue weighted by atomic mass is 9.83. The van der Waals surface area contributed by atoms with Gasteiger partial charge >= 0.3 is 0 Å². The highest BCUT2D eigenvalue weighted by atomic mass is 16.1. The highest BCUT2D eigenvalue weighted by molar-refractivity contribution is 6.00. The van der Waals surface area contributed by atoms with Crippen molar-refractivity contribution in [1.82, 2.24) is 5.32 Å². The number of aryl methyl sites for hydroxylation is 1. The van der Waals surface area contributed by atoms with Crippen molar-refractivity contribution < 1.29 is 4.79 Å². The molecule has 1 saturated carbocycles. The first-order chi connectivity index (χ1) is 9.54. The number of rotatable bonds is 4. The van der Waals surface area contributed by atoms with Crippen LogP contribution in [0.2, 0.25) is 0 Å². The summed E-state index contributed by atoms with van der Waals surface area (Å²) >= 11 is 0. The molecule has 0 bridgehead atoms. The first kappa shape index (κ1) is 14.9. The van der Waals surface area contributed by atoms with Crippen molar-refractivity contribution in [3.8, 4) is 0 Å². The van der Waals surface area contributed by atoms with Gasteiger partial charge in [-0.25, -0.2) is 0 Å². The molecule has 0 saturated heterocycles. The minimum absolute atomic E-state index is 0.0380. The Morgan fingerprint density at radius 1 is 1.25 bits per heavy atom. The van der Waals surface area contributed by atoms with Crippen LogP contribution < -0.4 is 10.6 Å². The van der Waals surface area contributed by atoms with Gasteiger partial charge in [-0.15, -0.1) is 0 Å². The number of nitrogens with one attached hydrogen (secondary N) is 2. The molecule has 0 spiro atoms. The summed E-state index contributed by atoms with van der Waals surface area (Å²) < 4.78 is 0. The van der Waals surface area contributed by atoms with E-state index in [0.29, 0.717) is 0 Å². The maximum absolute atomic E-state index is 12.6. The first-order valence-corrected chi connectivity index (χ1v) is 7.71. The fourth-order valence-corrected chi connectivity index (χ4v) is 2.99. The lowest BCUT2D eigenvalue weighted by Crippen LogP contribution is -2.47. The summed E-state index contributed by atoms with van der Waals surface area (Å²) in [5, 5.41) is 6.54. The zero-order valence-electron chi connectivity index (χ0n) is 12.9. The van der Waals surface area contributed by atoms with Crippen LogP contribution in [-0.4, -0.2) is 18.0 Å². The standard InChI is InChI=1S/C17H26N2O/c1-4-18-15-12-13(2)8-9-14(15)16(20)19-17(3)10-6-5-7-11-17/h8-9,12,18H,4-7,10-11H2,1-3H3,(H,19,20). The predicted molar refractivity (Wildman–Crippen MR) is 84.3 cm³/mol. The molecule has 0 unspecified atom stereocenters. The fraction of sp³-hybridized carbons (Fsp3) is 0.588. The molecule has 0 atom stereocenters. The summed E-state index contributed by atoms with van der Waals surface area (Å²) in [5.74, 6) is 0.0466. The number of carbonyl (C=O) groups excluding carboxylic acids is 1. The van der Waals surface area contributed by atoms with E-state index in [1.807, 2.05) is 32.0 Å². The number of amides is 1. The Kier molecular flexibility index (Phi) is 4.69. The van der Waals surface area contributed by atoms with Crippen LogP contribution in [-0.2, 0) is 0 Å². The largest absolute Gasteiger partial charge is 0.385 e. The van der Waals surface area contributed by atoms with Gasteiger partial charge in [-0.05, 0) is 51.3 Å². The van der Waals surface area contributed by atoms with E-state index < -0.39 is 0 Å². The molecule has 0 heterocycles. The summed E-state index contributed by atoms with van der Waals surface area (Å²) in [6.07, 6.45) is 5.89. The minimum atomic E-state index is -0.0380. The maximum Gasteiger partial charge on any atom is 0.253 e. The molecule has 20 heavy (non-hydrogen) atoms. The van der Waals surface area contributed by atoms with Crippen molar-refractivity contribution in [3.05, 3.63) is 29.3 Å². The van der Waals surface area contributed by atoms with Crippen molar-refractivity contribution in [2.75, 3.05) is 11.9 Å². The lowest BCUT2D eigenvalue weighted by Gasteiger charge is -2.34. The van der Waals surface area contributed by atoms with Gasteiger partial charge in [-0.1, -0.05) is 25.3 Å². The van der Waals surface area contributed by atoms with Gasteiger partial charge in [0.2, 0.25) is 0 Å². The third kappa shape index (κ3) is 3.53. The Labute approximate surface area is 122 Å². The third-order valence-corrected chi connectivity index (χ3v) is 4.16. The number of carbonyl (C=O) groups is 1. The van der Waals surface area contributed by atoms with Gasteiger partial charge in [0.1, 0.15) is 0 Å². The van der Waals surface area contributed by atoms with Crippen LogP contribution in [0.15, 0.2) is 18.2 Å². The second kappa shape index (κ2) is 6.29. The van der Waals surface area contributed by atoms with E-state index in [2.05, 4.69) is 17.6 Å². The molecule has 0 aliphatic heterocycles. The topological polar surface area (TPSA) is 41.1 Å². The van der Waals surface area contributed by atoms with E-state index in [1.165, 1.54) is 24.8 Å². The van der Waals surface area contributed by atoms with E-state index >= 15 is 0 Å². The number of benzene rings is 1. The van der Waals surface area contributed by atoms with E-state index in [-0.39, 0.29) is 11.4 Å². The van der Waals surface area contributed by atoms with Crippen molar-refractivity contribution >= 4 is 11.6 Å². The van der Waals surface area contributed by atoms with Gasteiger partial charge in [0, 0.05) is 17.8 Å². The minimum Gasteiger partial charge on any atom is -0.385 e. The average molecular weight is 274 g/mol. The molecule has 3 nitrogen and oxygen atoms in total. The van der Waals surface area contributed by atoms with Crippen LogP contribution >= 0.6 is 0 Å². The SMILES string of the molecule is CCNc1cc(C)ccc1C(=O)NC1(C)CCCCC1. The summed E-state index contributed by atoms with van der Waals surface area (Å²) in [7, 11) is 0. The molecule has 1 aliphatic carbocycles. The molecule has 3 heteroatoms. The Morgan fingerprint density at radius 2 is 1.95 bits per heavy atom. The summed E-state index contributed by atoms with van der Waals surface area (Å²) in [5.41, 5.74) is 2.82. The fourth-order valence-electron chi connectivity index (χ4n) is 2.99. The molecule has 110 valence electrons.